The summed E-state index contributed by atoms with van der Waals surface area (Å²) in [5.41, 5.74) is 7.22. The summed E-state index contributed by atoms with van der Waals surface area (Å²) < 4.78 is 2.08. The number of anilines is 1. The van der Waals surface area contributed by atoms with Crippen molar-refractivity contribution in [1.82, 2.24) is 9.88 Å². The topological polar surface area (TPSA) is 77.1 Å². The summed E-state index contributed by atoms with van der Waals surface area (Å²) in [5.74, 6) is -0.311. The van der Waals surface area contributed by atoms with E-state index in [4.69, 9.17) is 5.73 Å². The van der Waals surface area contributed by atoms with Gasteiger partial charge < -0.3 is 15.6 Å². The third-order valence-corrected chi connectivity index (χ3v) is 4.59. The molecule has 1 aromatic heterocycles. The minimum atomic E-state index is -0.311. The third-order valence-electron chi connectivity index (χ3n) is 4.59. The van der Waals surface area contributed by atoms with Crippen LogP contribution in [-0.4, -0.2) is 17.0 Å². The van der Waals surface area contributed by atoms with Crippen LogP contribution < -0.4 is 16.5 Å². The van der Waals surface area contributed by atoms with E-state index < -0.39 is 0 Å². The molecule has 0 spiro atoms. The molecule has 2 aromatic rings. The second-order valence-electron chi connectivity index (χ2n) is 6.21. The van der Waals surface area contributed by atoms with Crippen LogP contribution in [-0.2, 0) is 0 Å². The van der Waals surface area contributed by atoms with E-state index in [1.807, 2.05) is 19.1 Å². The van der Waals surface area contributed by atoms with Gasteiger partial charge in [0.1, 0.15) is 5.56 Å². The van der Waals surface area contributed by atoms with Crippen LogP contribution in [0.5, 0.6) is 0 Å². The van der Waals surface area contributed by atoms with E-state index in [2.05, 4.69) is 9.88 Å². The minimum Gasteiger partial charge on any atom is -0.398 e. The number of carbonyl (C=O) groups is 1. The number of hydrogen-bond acceptors (Lipinski definition) is 3. The first-order chi connectivity index (χ1) is 11.1. The van der Waals surface area contributed by atoms with Gasteiger partial charge in [0.25, 0.3) is 5.91 Å². The molecule has 0 unspecified atom stereocenters. The Morgan fingerprint density at radius 2 is 2.09 bits per heavy atom. The Labute approximate surface area is 135 Å². The van der Waals surface area contributed by atoms with Crippen molar-refractivity contribution in [2.24, 2.45) is 0 Å². The normalized spacial score (nSPS) is 15.2. The number of carbonyl (C=O) groups excluding carboxylic acids is 1. The highest BCUT2D eigenvalue weighted by molar-refractivity contribution is 6.00. The molecule has 1 fully saturated rings. The highest BCUT2D eigenvalue weighted by Crippen LogP contribution is 2.32. The summed E-state index contributed by atoms with van der Waals surface area (Å²) in [7, 11) is 0. The molecule has 1 amide bonds. The maximum atomic E-state index is 12.8. The molecular weight excluding hydrogens is 290 g/mol. The Hall–Kier alpha value is -2.30. The van der Waals surface area contributed by atoms with E-state index in [1.165, 1.54) is 12.8 Å². The molecule has 23 heavy (non-hydrogen) atoms. The fourth-order valence-corrected chi connectivity index (χ4v) is 3.40. The van der Waals surface area contributed by atoms with Crippen molar-refractivity contribution in [2.75, 3.05) is 12.3 Å². The maximum absolute atomic E-state index is 12.8. The van der Waals surface area contributed by atoms with E-state index in [9.17, 15) is 9.59 Å². The van der Waals surface area contributed by atoms with Gasteiger partial charge in [0, 0.05) is 24.5 Å². The van der Waals surface area contributed by atoms with Crippen molar-refractivity contribution in [3.8, 4) is 0 Å². The SMILES string of the molecule is CCCNC(=O)c1cn(C2CCCC2)c2cccc(N)c2c1=O. The van der Waals surface area contributed by atoms with Crippen LogP contribution in [0.3, 0.4) is 0 Å². The van der Waals surface area contributed by atoms with Gasteiger partial charge in [0.2, 0.25) is 5.43 Å². The number of nitrogens with two attached hydrogens (primary N) is 1. The molecule has 5 nitrogen and oxygen atoms in total. The molecule has 1 aliphatic rings. The second kappa shape index (κ2) is 6.44. The summed E-state index contributed by atoms with van der Waals surface area (Å²) in [6.45, 7) is 2.54. The first-order valence-corrected chi connectivity index (χ1v) is 8.35. The number of pyridine rings is 1. The lowest BCUT2D eigenvalue weighted by atomic mass is 10.1. The summed E-state index contributed by atoms with van der Waals surface area (Å²) in [5, 5.41) is 3.26. The fraction of sp³-hybridized carbons (Fsp3) is 0.444. The number of nitrogen functional groups attached to an aromatic ring is 1. The molecule has 0 aliphatic heterocycles. The molecule has 3 rings (SSSR count). The van der Waals surface area contributed by atoms with Crippen LogP contribution >= 0.6 is 0 Å². The van der Waals surface area contributed by atoms with Crippen LogP contribution in [0.2, 0.25) is 0 Å². The average molecular weight is 313 g/mol. The first-order valence-electron chi connectivity index (χ1n) is 8.35. The zero-order chi connectivity index (χ0) is 16.4. The lowest BCUT2D eigenvalue weighted by Crippen LogP contribution is -2.31. The number of aromatic nitrogens is 1. The molecule has 122 valence electrons. The number of amides is 1. The molecule has 1 aromatic carbocycles. The monoisotopic (exact) mass is 313 g/mol. The summed E-state index contributed by atoms with van der Waals surface area (Å²) in [4.78, 5) is 25.1. The smallest absolute Gasteiger partial charge is 0.256 e. The van der Waals surface area contributed by atoms with Crippen molar-refractivity contribution >= 4 is 22.5 Å². The Bertz CT molecular complexity index is 789. The van der Waals surface area contributed by atoms with E-state index >= 15 is 0 Å². The Kier molecular flexibility index (Phi) is 4.37. The number of fused-ring (bicyclic) bond motifs is 1. The van der Waals surface area contributed by atoms with Crippen LogP contribution in [0.25, 0.3) is 10.9 Å². The molecule has 0 saturated heterocycles. The molecular formula is C18H23N3O2. The standard InChI is InChI=1S/C18H23N3O2/c1-2-10-20-18(23)13-11-21(12-6-3-4-7-12)15-9-5-8-14(19)16(15)17(13)22/h5,8-9,11-12H,2-4,6-7,10,19H2,1H3,(H,20,23). The van der Waals surface area contributed by atoms with Crippen molar-refractivity contribution in [2.45, 2.75) is 45.1 Å². The van der Waals surface area contributed by atoms with Crippen molar-refractivity contribution in [1.29, 1.82) is 0 Å². The van der Waals surface area contributed by atoms with Gasteiger partial charge in [-0.25, -0.2) is 0 Å². The van der Waals surface area contributed by atoms with Crippen LogP contribution in [0.15, 0.2) is 29.2 Å². The molecule has 5 heteroatoms. The lowest BCUT2D eigenvalue weighted by Gasteiger charge is -2.19. The van der Waals surface area contributed by atoms with Crippen molar-refractivity contribution < 1.29 is 4.79 Å². The fourth-order valence-electron chi connectivity index (χ4n) is 3.40. The first kappa shape index (κ1) is 15.6. The Morgan fingerprint density at radius 1 is 1.35 bits per heavy atom. The largest absolute Gasteiger partial charge is 0.398 e. The third kappa shape index (κ3) is 2.83. The molecule has 1 heterocycles. The molecule has 3 N–H and O–H groups in total. The maximum Gasteiger partial charge on any atom is 0.256 e. The van der Waals surface area contributed by atoms with Gasteiger partial charge in [-0.1, -0.05) is 25.8 Å². The number of rotatable bonds is 4. The van der Waals surface area contributed by atoms with E-state index in [0.29, 0.717) is 23.7 Å². The van der Waals surface area contributed by atoms with E-state index in [0.717, 1.165) is 24.8 Å². The molecule has 0 bridgehead atoms. The number of nitrogens with zero attached hydrogens (tertiary/aromatic N) is 1. The van der Waals surface area contributed by atoms with Gasteiger partial charge in [-0.05, 0) is 31.4 Å². The highest BCUT2D eigenvalue weighted by atomic mass is 16.2. The average Bonchev–Trinajstić information content (AvgIpc) is 3.07. The second-order valence-corrected chi connectivity index (χ2v) is 6.21. The summed E-state index contributed by atoms with van der Waals surface area (Å²) >= 11 is 0. The number of hydrogen-bond donors (Lipinski definition) is 2. The van der Waals surface area contributed by atoms with Gasteiger partial charge in [-0.3, -0.25) is 9.59 Å². The van der Waals surface area contributed by atoms with Crippen LogP contribution in [0.4, 0.5) is 5.69 Å². The summed E-state index contributed by atoms with van der Waals surface area (Å²) in [6.07, 6.45) is 7.06. The number of benzene rings is 1. The highest BCUT2D eigenvalue weighted by Gasteiger charge is 2.22. The van der Waals surface area contributed by atoms with Gasteiger partial charge in [0.05, 0.1) is 10.9 Å². The predicted octanol–water partition coefficient (Wildman–Crippen LogP) is 2.84. The van der Waals surface area contributed by atoms with E-state index in [1.54, 1.807) is 12.3 Å². The Balaban J connectivity index is 2.21. The number of nitrogens with one attached hydrogen (secondary N) is 1. The quantitative estimate of drug-likeness (QED) is 0.852. The lowest BCUT2D eigenvalue weighted by molar-refractivity contribution is 0.0952. The van der Waals surface area contributed by atoms with Crippen LogP contribution in [0, 0.1) is 0 Å². The van der Waals surface area contributed by atoms with Gasteiger partial charge >= 0.3 is 0 Å². The van der Waals surface area contributed by atoms with Gasteiger partial charge in [0.15, 0.2) is 0 Å². The van der Waals surface area contributed by atoms with Crippen molar-refractivity contribution in [3.05, 3.63) is 40.2 Å². The van der Waals surface area contributed by atoms with Gasteiger partial charge in [-0.15, -0.1) is 0 Å². The minimum absolute atomic E-state index is 0.191. The zero-order valence-electron chi connectivity index (χ0n) is 13.5. The predicted molar refractivity (Wildman–Crippen MR) is 92.7 cm³/mol. The van der Waals surface area contributed by atoms with Gasteiger partial charge in [-0.2, -0.15) is 0 Å². The van der Waals surface area contributed by atoms with Crippen LogP contribution in [0.1, 0.15) is 55.4 Å². The zero-order valence-corrected chi connectivity index (χ0v) is 13.5. The van der Waals surface area contributed by atoms with E-state index in [-0.39, 0.29) is 16.9 Å². The molecule has 0 atom stereocenters. The molecule has 1 saturated carbocycles. The Morgan fingerprint density at radius 3 is 2.78 bits per heavy atom. The summed E-state index contributed by atoms with van der Waals surface area (Å²) in [6, 6.07) is 5.83. The van der Waals surface area contributed by atoms with Crippen molar-refractivity contribution in [3.63, 3.8) is 0 Å². The molecule has 1 aliphatic carbocycles. The molecule has 0 radical (unpaired) electrons.